The van der Waals surface area contributed by atoms with Crippen LogP contribution in [0, 0.1) is 31.5 Å². The van der Waals surface area contributed by atoms with Crippen molar-refractivity contribution in [1.82, 2.24) is 14.7 Å². The summed E-state index contributed by atoms with van der Waals surface area (Å²) in [5.74, 6) is -0.224. The van der Waals surface area contributed by atoms with Gasteiger partial charge in [0.15, 0.2) is 0 Å². The molecule has 3 amide bonds. The molecule has 3 heterocycles. The van der Waals surface area contributed by atoms with Gasteiger partial charge in [0.1, 0.15) is 11.9 Å². The average molecular weight is 634 g/mol. The van der Waals surface area contributed by atoms with Gasteiger partial charge in [-0.1, -0.05) is 35.3 Å². The summed E-state index contributed by atoms with van der Waals surface area (Å²) in [5, 5.41) is 0.731. The molecule has 3 saturated heterocycles. The minimum atomic E-state index is -0.546. The number of carbonyl (C=O) groups excluding carboxylic acids is 3. The molecule has 0 saturated carbocycles. The van der Waals surface area contributed by atoms with Crippen LogP contribution in [-0.2, 0) is 9.53 Å². The van der Waals surface area contributed by atoms with Gasteiger partial charge in [0, 0.05) is 76.3 Å². The summed E-state index contributed by atoms with van der Waals surface area (Å²) in [6.45, 7) is 10.4. The summed E-state index contributed by atoms with van der Waals surface area (Å²) >= 11 is 12.6. The third kappa shape index (κ3) is 7.10. The summed E-state index contributed by atoms with van der Waals surface area (Å²) in [4.78, 5) is 45.7. The van der Waals surface area contributed by atoms with E-state index in [9.17, 15) is 18.8 Å². The largest absolute Gasteiger partial charge is 0.446 e. The SMILES string of the molecule is CC(=O)N1CCC(OC(=O)N(CCCN2CC3CN(C(=O)c4c(Cl)ccc(C)c4F)CC3C2)c2ccc(C)c(Cl)c2)CC1. The van der Waals surface area contributed by atoms with Crippen molar-refractivity contribution < 1.29 is 23.5 Å². The zero-order valence-electron chi connectivity index (χ0n) is 25.0. The molecule has 232 valence electrons. The standard InChI is InChI=1S/C32H39Cl2FN4O4/c1-20-5-7-25(15-28(20)34)39(32(42)43-26-9-13-37(14-10-26)22(3)40)12-4-11-36-16-23-18-38(19-24(23)17-36)31(41)29-27(33)8-6-21(2)30(29)35/h5-8,15,23-24,26H,4,9-14,16-19H2,1-3H3. The molecule has 3 aliphatic rings. The van der Waals surface area contributed by atoms with Gasteiger partial charge in [0.05, 0.1) is 10.6 Å². The first-order valence-electron chi connectivity index (χ1n) is 15.0. The van der Waals surface area contributed by atoms with Crippen LogP contribution in [-0.4, -0.2) is 91.1 Å². The van der Waals surface area contributed by atoms with Gasteiger partial charge in [-0.3, -0.25) is 14.5 Å². The van der Waals surface area contributed by atoms with Gasteiger partial charge in [0.25, 0.3) is 5.91 Å². The van der Waals surface area contributed by atoms with Crippen LogP contribution in [0.3, 0.4) is 0 Å². The van der Waals surface area contributed by atoms with Crippen LogP contribution in [0.25, 0.3) is 0 Å². The Bertz CT molecular complexity index is 1370. The number of amides is 3. The molecule has 0 radical (unpaired) electrons. The Morgan fingerprint density at radius 2 is 1.58 bits per heavy atom. The molecule has 2 unspecified atom stereocenters. The Hall–Kier alpha value is -2.88. The number of ether oxygens (including phenoxy) is 1. The van der Waals surface area contributed by atoms with E-state index in [4.69, 9.17) is 27.9 Å². The van der Waals surface area contributed by atoms with Crippen molar-refractivity contribution in [2.75, 3.05) is 57.3 Å². The monoisotopic (exact) mass is 632 g/mol. The number of benzene rings is 2. The van der Waals surface area contributed by atoms with E-state index in [1.807, 2.05) is 19.1 Å². The maximum absolute atomic E-state index is 14.7. The molecule has 11 heteroatoms. The molecule has 2 aromatic rings. The molecule has 0 bridgehead atoms. The molecule has 3 aliphatic heterocycles. The number of carbonyl (C=O) groups is 3. The third-order valence-corrected chi connectivity index (χ3v) is 9.77. The second-order valence-corrected chi connectivity index (χ2v) is 12.9. The quantitative estimate of drug-likeness (QED) is 0.386. The smallest absolute Gasteiger partial charge is 0.414 e. The molecule has 0 aromatic heterocycles. The number of fused-ring (bicyclic) bond motifs is 1. The lowest BCUT2D eigenvalue weighted by Crippen LogP contribution is -2.43. The van der Waals surface area contributed by atoms with E-state index >= 15 is 0 Å². The summed E-state index contributed by atoms with van der Waals surface area (Å²) in [6.07, 6.45) is 1.32. The minimum absolute atomic E-state index is 0.0360. The highest BCUT2D eigenvalue weighted by atomic mass is 35.5. The van der Waals surface area contributed by atoms with Crippen LogP contribution >= 0.6 is 23.2 Å². The predicted molar refractivity (Wildman–Crippen MR) is 165 cm³/mol. The molecule has 3 fully saturated rings. The van der Waals surface area contributed by atoms with E-state index in [0.717, 1.165) is 31.6 Å². The van der Waals surface area contributed by atoms with Crippen LogP contribution in [0.15, 0.2) is 30.3 Å². The van der Waals surface area contributed by atoms with Crippen LogP contribution in [0.5, 0.6) is 0 Å². The van der Waals surface area contributed by atoms with Gasteiger partial charge in [-0.05, 0) is 68.0 Å². The van der Waals surface area contributed by atoms with Gasteiger partial charge in [-0.2, -0.15) is 0 Å². The molecule has 0 aliphatic carbocycles. The second-order valence-electron chi connectivity index (χ2n) is 12.1. The average Bonchev–Trinajstić information content (AvgIpc) is 3.54. The Kier molecular flexibility index (Phi) is 9.83. The van der Waals surface area contributed by atoms with Crippen molar-refractivity contribution in [3.8, 4) is 0 Å². The van der Waals surface area contributed by atoms with Gasteiger partial charge < -0.3 is 19.4 Å². The van der Waals surface area contributed by atoms with E-state index in [2.05, 4.69) is 4.90 Å². The zero-order chi connectivity index (χ0) is 30.8. The fourth-order valence-electron chi connectivity index (χ4n) is 6.47. The van der Waals surface area contributed by atoms with E-state index in [1.54, 1.807) is 46.7 Å². The van der Waals surface area contributed by atoms with Crippen molar-refractivity contribution >= 4 is 46.8 Å². The fourth-order valence-corrected chi connectivity index (χ4v) is 6.87. The van der Waals surface area contributed by atoms with E-state index < -0.39 is 11.9 Å². The highest BCUT2D eigenvalue weighted by Gasteiger charge is 2.42. The van der Waals surface area contributed by atoms with Gasteiger partial charge in [0.2, 0.25) is 5.91 Å². The number of likely N-dealkylation sites (tertiary alicyclic amines) is 3. The van der Waals surface area contributed by atoms with Gasteiger partial charge in [-0.25, -0.2) is 9.18 Å². The first kappa shape index (κ1) is 31.5. The first-order chi connectivity index (χ1) is 20.5. The van der Waals surface area contributed by atoms with Crippen LogP contribution in [0.2, 0.25) is 10.0 Å². The lowest BCUT2D eigenvalue weighted by atomic mass is 10.0. The molecule has 5 rings (SSSR count). The third-order valence-electron chi connectivity index (χ3n) is 9.05. The van der Waals surface area contributed by atoms with Crippen molar-refractivity contribution in [3.63, 3.8) is 0 Å². The van der Waals surface area contributed by atoms with Crippen LogP contribution in [0.1, 0.15) is 47.7 Å². The number of nitrogens with zero attached hydrogens (tertiary/aromatic N) is 4. The normalized spacial score (nSPS) is 20.8. The summed E-state index contributed by atoms with van der Waals surface area (Å²) in [5.41, 5.74) is 1.99. The Morgan fingerprint density at radius 3 is 2.21 bits per heavy atom. The molecule has 43 heavy (non-hydrogen) atoms. The molecular weight excluding hydrogens is 594 g/mol. The minimum Gasteiger partial charge on any atom is -0.446 e. The first-order valence-corrected chi connectivity index (χ1v) is 15.7. The van der Waals surface area contributed by atoms with Crippen molar-refractivity contribution in [2.24, 2.45) is 11.8 Å². The molecule has 2 aromatic carbocycles. The van der Waals surface area contributed by atoms with E-state index in [-0.39, 0.29) is 28.5 Å². The summed E-state index contributed by atoms with van der Waals surface area (Å²) < 4.78 is 20.6. The molecule has 2 atom stereocenters. The maximum atomic E-state index is 14.7. The predicted octanol–water partition coefficient (Wildman–Crippen LogP) is 5.80. The summed E-state index contributed by atoms with van der Waals surface area (Å²) in [7, 11) is 0. The molecule has 0 spiro atoms. The highest BCUT2D eigenvalue weighted by Crippen LogP contribution is 2.34. The Labute approximate surface area is 262 Å². The van der Waals surface area contributed by atoms with Crippen molar-refractivity contribution in [3.05, 3.63) is 62.9 Å². The lowest BCUT2D eigenvalue weighted by molar-refractivity contribution is -0.130. The van der Waals surface area contributed by atoms with Crippen molar-refractivity contribution in [1.29, 1.82) is 0 Å². The molecule has 8 nitrogen and oxygen atoms in total. The number of hydrogen-bond acceptors (Lipinski definition) is 5. The number of rotatable bonds is 7. The van der Waals surface area contributed by atoms with E-state index in [0.29, 0.717) is 73.7 Å². The van der Waals surface area contributed by atoms with E-state index in [1.165, 1.54) is 0 Å². The number of piperidine rings is 1. The zero-order valence-corrected chi connectivity index (χ0v) is 26.5. The Morgan fingerprint density at radius 1 is 0.930 bits per heavy atom. The summed E-state index contributed by atoms with van der Waals surface area (Å²) in [6, 6.07) is 8.74. The second kappa shape index (κ2) is 13.4. The van der Waals surface area contributed by atoms with Crippen LogP contribution < -0.4 is 4.90 Å². The number of aryl methyl sites for hydroxylation is 2. The number of hydrogen-bond donors (Lipinski definition) is 0. The van der Waals surface area contributed by atoms with Crippen molar-refractivity contribution in [2.45, 2.75) is 46.1 Å². The highest BCUT2D eigenvalue weighted by molar-refractivity contribution is 6.34. The lowest BCUT2D eigenvalue weighted by Gasteiger charge is -2.32. The van der Waals surface area contributed by atoms with Gasteiger partial charge >= 0.3 is 6.09 Å². The Balaban J connectivity index is 1.15. The number of halogens is 3. The molecule has 0 N–H and O–H groups in total. The van der Waals surface area contributed by atoms with Crippen LogP contribution in [0.4, 0.5) is 14.9 Å². The molecular formula is C32H39Cl2FN4O4. The maximum Gasteiger partial charge on any atom is 0.414 e. The fraction of sp³-hybridized carbons (Fsp3) is 0.531. The van der Waals surface area contributed by atoms with Gasteiger partial charge in [-0.15, -0.1) is 0 Å². The number of anilines is 1. The topological polar surface area (TPSA) is 73.4 Å².